The Morgan fingerprint density at radius 2 is 1.56 bits per heavy atom. The Morgan fingerprint density at radius 1 is 0.938 bits per heavy atom. The number of hydrogen-bond donors (Lipinski definition) is 1. The van der Waals surface area contributed by atoms with Gasteiger partial charge in [-0.05, 0) is 30.7 Å². The summed E-state index contributed by atoms with van der Waals surface area (Å²) in [5, 5.41) is 2.96. The van der Waals surface area contributed by atoms with Crippen LogP contribution in [0.15, 0.2) is 47.4 Å². The number of ether oxygens (including phenoxy) is 2. The van der Waals surface area contributed by atoms with Crippen LogP contribution in [0, 0.1) is 6.92 Å². The molecule has 2 saturated heterocycles. The number of nitrogens with one attached hydrogen (secondary N) is 1. The topological polar surface area (TPSA) is 88.2 Å². The van der Waals surface area contributed by atoms with Gasteiger partial charge in [-0.15, -0.1) is 0 Å². The summed E-state index contributed by atoms with van der Waals surface area (Å²) in [6, 6.07) is 12.8. The summed E-state index contributed by atoms with van der Waals surface area (Å²) in [6.07, 6.45) is 0.212. The van der Waals surface area contributed by atoms with Crippen LogP contribution in [-0.2, 0) is 30.7 Å². The van der Waals surface area contributed by atoms with E-state index >= 15 is 0 Å². The highest BCUT2D eigenvalue weighted by Crippen LogP contribution is 2.31. The minimum Gasteiger partial charge on any atom is -0.379 e. The van der Waals surface area contributed by atoms with E-state index in [1.807, 2.05) is 31.2 Å². The summed E-state index contributed by atoms with van der Waals surface area (Å²) in [4.78, 5) is 15.1. The fourth-order valence-corrected chi connectivity index (χ4v) is 5.31. The molecule has 2 fully saturated rings. The van der Waals surface area contributed by atoms with Crippen LogP contribution >= 0.6 is 0 Å². The summed E-state index contributed by atoms with van der Waals surface area (Å²) < 4.78 is 38.5. The predicted octanol–water partition coefficient (Wildman–Crippen LogP) is 2.03. The van der Waals surface area contributed by atoms with Crippen molar-refractivity contribution in [3.8, 4) is 0 Å². The first-order chi connectivity index (χ1) is 15.4. The number of aryl methyl sites for hydroxylation is 1. The van der Waals surface area contributed by atoms with Gasteiger partial charge in [0.1, 0.15) is 0 Å². The van der Waals surface area contributed by atoms with Gasteiger partial charge in [-0.2, -0.15) is 4.31 Å². The summed E-state index contributed by atoms with van der Waals surface area (Å²) in [7, 11) is -3.67. The first kappa shape index (κ1) is 22.7. The molecule has 0 unspecified atom stereocenters. The number of rotatable bonds is 6. The average molecular weight is 460 g/mol. The van der Waals surface area contributed by atoms with E-state index in [1.54, 1.807) is 18.2 Å². The van der Waals surface area contributed by atoms with E-state index in [-0.39, 0.29) is 17.2 Å². The van der Waals surface area contributed by atoms with Crippen LogP contribution in [0.25, 0.3) is 0 Å². The highest BCUT2D eigenvalue weighted by Gasteiger charge is 2.28. The summed E-state index contributed by atoms with van der Waals surface area (Å²) in [6.45, 7) is 5.93. The lowest BCUT2D eigenvalue weighted by Gasteiger charge is -2.31. The number of nitrogens with zero attached hydrogens (tertiary/aromatic N) is 2. The summed E-state index contributed by atoms with van der Waals surface area (Å²) in [5.41, 5.74) is 3.33. The second kappa shape index (κ2) is 9.99. The number of amides is 1. The number of carbonyl (C=O) groups excluding carboxylic acids is 1. The Balaban J connectivity index is 1.61. The Labute approximate surface area is 189 Å². The maximum Gasteiger partial charge on any atom is 0.243 e. The number of hydrogen-bond acceptors (Lipinski definition) is 6. The largest absolute Gasteiger partial charge is 0.379 e. The molecule has 2 aliphatic heterocycles. The molecule has 0 spiro atoms. The van der Waals surface area contributed by atoms with E-state index in [4.69, 9.17) is 9.47 Å². The quantitative estimate of drug-likeness (QED) is 0.711. The summed E-state index contributed by atoms with van der Waals surface area (Å²) in [5.74, 6) is -0.190. The van der Waals surface area contributed by atoms with Gasteiger partial charge in [0.25, 0.3) is 0 Å². The van der Waals surface area contributed by atoms with Crippen LogP contribution in [0.1, 0.15) is 11.1 Å². The summed E-state index contributed by atoms with van der Waals surface area (Å²) >= 11 is 0. The molecule has 32 heavy (non-hydrogen) atoms. The van der Waals surface area contributed by atoms with Crippen molar-refractivity contribution >= 4 is 27.3 Å². The SMILES string of the molecule is Cc1ccc(CC(=O)Nc2cc(S(=O)(=O)N3CCOCC3)ccc2N2CCOCC2)cc1. The second-order valence-corrected chi connectivity index (χ2v) is 9.94. The fourth-order valence-electron chi connectivity index (χ4n) is 3.88. The molecule has 2 aromatic rings. The van der Waals surface area contributed by atoms with Crippen molar-refractivity contribution in [1.29, 1.82) is 0 Å². The molecule has 0 atom stereocenters. The van der Waals surface area contributed by atoms with Crippen molar-refractivity contribution in [1.82, 2.24) is 4.31 Å². The Bertz CT molecular complexity index is 1040. The molecule has 0 saturated carbocycles. The fraction of sp³-hybridized carbons (Fsp3) is 0.435. The molecule has 0 bridgehead atoms. The van der Waals surface area contributed by atoms with Gasteiger partial charge < -0.3 is 19.7 Å². The molecule has 8 nitrogen and oxygen atoms in total. The predicted molar refractivity (Wildman–Crippen MR) is 123 cm³/mol. The van der Waals surface area contributed by atoms with Crippen molar-refractivity contribution in [2.24, 2.45) is 0 Å². The Morgan fingerprint density at radius 3 is 2.22 bits per heavy atom. The molecule has 1 amide bonds. The molecule has 0 aromatic heterocycles. The van der Waals surface area contributed by atoms with Gasteiger partial charge in [0.05, 0.1) is 49.1 Å². The van der Waals surface area contributed by atoms with Gasteiger partial charge in [0, 0.05) is 26.2 Å². The number of morpholine rings is 2. The van der Waals surface area contributed by atoms with E-state index < -0.39 is 10.0 Å². The zero-order valence-corrected chi connectivity index (χ0v) is 19.1. The van der Waals surface area contributed by atoms with Crippen molar-refractivity contribution in [3.05, 3.63) is 53.6 Å². The minimum absolute atomic E-state index is 0.169. The Kier molecular flexibility index (Phi) is 7.10. The molecule has 2 heterocycles. The van der Waals surface area contributed by atoms with Crippen LogP contribution < -0.4 is 10.2 Å². The normalized spacial score (nSPS) is 17.8. The highest BCUT2D eigenvalue weighted by atomic mass is 32.2. The van der Waals surface area contributed by atoms with E-state index in [0.717, 1.165) is 16.8 Å². The highest BCUT2D eigenvalue weighted by molar-refractivity contribution is 7.89. The van der Waals surface area contributed by atoms with Crippen molar-refractivity contribution < 1.29 is 22.7 Å². The lowest BCUT2D eigenvalue weighted by molar-refractivity contribution is -0.115. The second-order valence-electron chi connectivity index (χ2n) is 8.01. The molecule has 172 valence electrons. The third-order valence-electron chi connectivity index (χ3n) is 5.69. The zero-order chi connectivity index (χ0) is 22.6. The van der Waals surface area contributed by atoms with Crippen molar-refractivity contribution in [2.75, 3.05) is 62.8 Å². The third kappa shape index (κ3) is 5.29. The molecular weight excluding hydrogens is 430 g/mol. The molecular formula is C23H29N3O5S. The first-order valence-electron chi connectivity index (χ1n) is 10.8. The van der Waals surface area contributed by atoms with Gasteiger partial charge >= 0.3 is 0 Å². The van der Waals surface area contributed by atoms with Gasteiger partial charge in [0.2, 0.25) is 15.9 Å². The maximum atomic E-state index is 13.2. The van der Waals surface area contributed by atoms with Crippen molar-refractivity contribution in [2.45, 2.75) is 18.2 Å². The smallest absolute Gasteiger partial charge is 0.243 e. The van der Waals surface area contributed by atoms with E-state index in [2.05, 4.69) is 10.2 Å². The molecule has 0 aliphatic carbocycles. The number of carbonyl (C=O) groups is 1. The van der Waals surface area contributed by atoms with E-state index in [1.165, 1.54) is 4.31 Å². The lowest BCUT2D eigenvalue weighted by atomic mass is 10.1. The Hall–Kier alpha value is -2.46. The zero-order valence-electron chi connectivity index (χ0n) is 18.2. The van der Waals surface area contributed by atoms with Crippen LogP contribution in [0.3, 0.4) is 0 Å². The van der Waals surface area contributed by atoms with Gasteiger partial charge in [-0.3, -0.25) is 4.79 Å². The molecule has 9 heteroatoms. The standard InChI is InChI=1S/C23H29N3O5S/c1-18-2-4-19(5-3-18)16-23(27)24-21-17-20(32(28,29)26-10-14-31-15-11-26)6-7-22(21)25-8-12-30-13-9-25/h2-7,17H,8-16H2,1H3,(H,24,27). The van der Waals surface area contributed by atoms with Crippen LogP contribution in [0.2, 0.25) is 0 Å². The molecule has 2 aromatic carbocycles. The van der Waals surface area contributed by atoms with Crippen LogP contribution in [0.4, 0.5) is 11.4 Å². The van der Waals surface area contributed by atoms with Gasteiger partial charge in [0.15, 0.2) is 0 Å². The monoisotopic (exact) mass is 459 g/mol. The average Bonchev–Trinajstić information content (AvgIpc) is 2.81. The molecule has 4 rings (SSSR count). The van der Waals surface area contributed by atoms with Gasteiger partial charge in [-0.1, -0.05) is 29.8 Å². The minimum atomic E-state index is -3.67. The van der Waals surface area contributed by atoms with E-state index in [9.17, 15) is 13.2 Å². The molecule has 1 N–H and O–H groups in total. The van der Waals surface area contributed by atoms with Crippen molar-refractivity contribution in [3.63, 3.8) is 0 Å². The number of benzene rings is 2. The first-order valence-corrected chi connectivity index (χ1v) is 12.3. The molecule has 2 aliphatic rings. The number of anilines is 2. The van der Waals surface area contributed by atoms with E-state index in [0.29, 0.717) is 58.3 Å². The van der Waals surface area contributed by atoms with Crippen LogP contribution in [-0.4, -0.2) is 71.2 Å². The maximum absolute atomic E-state index is 13.2. The third-order valence-corrected chi connectivity index (χ3v) is 7.58. The number of sulfonamides is 1. The van der Waals surface area contributed by atoms with Gasteiger partial charge in [-0.25, -0.2) is 8.42 Å². The van der Waals surface area contributed by atoms with Crippen LogP contribution in [0.5, 0.6) is 0 Å². The lowest BCUT2D eigenvalue weighted by Crippen LogP contribution is -2.40. The molecule has 0 radical (unpaired) electrons.